The second kappa shape index (κ2) is 7.93. The van der Waals surface area contributed by atoms with E-state index in [1.807, 2.05) is 57.2 Å². The Bertz CT molecular complexity index is 781. The Morgan fingerprint density at radius 2 is 1.96 bits per heavy atom. The minimum Gasteiger partial charge on any atom is -0.384 e. The van der Waals surface area contributed by atoms with Crippen LogP contribution in [0, 0.1) is 32.1 Å². The summed E-state index contributed by atoms with van der Waals surface area (Å²) in [5, 5.41) is 15.0. The van der Waals surface area contributed by atoms with Crippen molar-refractivity contribution in [3.63, 3.8) is 0 Å². The molecule has 0 saturated heterocycles. The molecule has 0 saturated carbocycles. The molecule has 2 aromatic rings. The van der Waals surface area contributed by atoms with Crippen LogP contribution in [0.3, 0.4) is 0 Å². The number of nitrogens with zero attached hydrogens (tertiary/aromatic N) is 2. The Morgan fingerprint density at radius 3 is 2.54 bits per heavy atom. The Morgan fingerprint density at radius 1 is 1.25 bits per heavy atom. The minimum atomic E-state index is -0.430. The van der Waals surface area contributed by atoms with Crippen LogP contribution >= 0.6 is 0 Å². The normalized spacial score (nSPS) is 10.8. The maximum atomic E-state index is 12.3. The van der Waals surface area contributed by atoms with Gasteiger partial charge in [-0.05, 0) is 44.0 Å². The maximum absolute atomic E-state index is 12.3. The van der Waals surface area contributed by atoms with Crippen molar-refractivity contribution in [2.45, 2.75) is 27.3 Å². The average molecular weight is 320 g/mol. The number of hydrogen-bond donors (Lipinski definition) is 2. The van der Waals surface area contributed by atoms with E-state index in [0.717, 1.165) is 28.1 Å². The first kappa shape index (κ1) is 17.2. The Labute approximate surface area is 142 Å². The van der Waals surface area contributed by atoms with Crippen LogP contribution in [0.15, 0.2) is 48.3 Å². The number of aryl methyl sites for hydroxylation is 3. The number of carbonyl (C=O) groups is 1. The van der Waals surface area contributed by atoms with E-state index < -0.39 is 5.91 Å². The lowest BCUT2D eigenvalue weighted by Crippen LogP contribution is -2.18. The van der Waals surface area contributed by atoms with Crippen molar-refractivity contribution >= 4 is 11.6 Å². The summed E-state index contributed by atoms with van der Waals surface area (Å²) in [5.74, 6) is -0.430. The number of nitrogens with one attached hydrogen (secondary N) is 2. The molecule has 1 aromatic heterocycles. The predicted molar refractivity (Wildman–Crippen MR) is 94.1 cm³/mol. The highest BCUT2D eigenvalue weighted by Gasteiger charge is 2.12. The molecular weight excluding hydrogens is 300 g/mol. The number of hydrogen-bond acceptors (Lipinski definition) is 4. The van der Waals surface area contributed by atoms with Crippen molar-refractivity contribution in [3.8, 4) is 6.07 Å². The zero-order valence-electron chi connectivity index (χ0n) is 14.1. The van der Waals surface area contributed by atoms with E-state index in [1.54, 1.807) is 6.20 Å². The van der Waals surface area contributed by atoms with Gasteiger partial charge >= 0.3 is 0 Å². The Hall–Kier alpha value is -3.13. The van der Waals surface area contributed by atoms with Gasteiger partial charge in [0.05, 0.1) is 12.2 Å². The summed E-state index contributed by atoms with van der Waals surface area (Å²) in [6.07, 6.45) is 3.12. The number of pyridine rings is 1. The average Bonchev–Trinajstić information content (AvgIpc) is 2.55. The molecule has 0 atom stereocenters. The molecule has 1 amide bonds. The van der Waals surface area contributed by atoms with Crippen LogP contribution in [0.4, 0.5) is 5.69 Å². The van der Waals surface area contributed by atoms with Crippen LogP contribution in [0.1, 0.15) is 22.4 Å². The smallest absolute Gasteiger partial charge is 0.267 e. The van der Waals surface area contributed by atoms with Gasteiger partial charge in [0.1, 0.15) is 11.6 Å². The van der Waals surface area contributed by atoms with Crippen LogP contribution in [0.25, 0.3) is 0 Å². The molecular formula is C19H20N4O. The lowest BCUT2D eigenvalue weighted by Gasteiger charge is -2.12. The molecule has 5 nitrogen and oxygen atoms in total. The van der Waals surface area contributed by atoms with E-state index >= 15 is 0 Å². The molecule has 122 valence electrons. The summed E-state index contributed by atoms with van der Waals surface area (Å²) in [7, 11) is 0. The molecule has 2 N–H and O–H groups in total. The summed E-state index contributed by atoms with van der Waals surface area (Å²) in [5.41, 5.74) is 4.67. The van der Waals surface area contributed by atoms with Gasteiger partial charge < -0.3 is 10.6 Å². The fourth-order valence-corrected chi connectivity index (χ4v) is 2.47. The molecule has 0 fully saturated rings. The molecule has 0 spiro atoms. The van der Waals surface area contributed by atoms with Crippen LogP contribution in [0.2, 0.25) is 0 Å². The molecule has 0 aliphatic carbocycles. The first-order chi connectivity index (χ1) is 11.5. The lowest BCUT2D eigenvalue weighted by molar-refractivity contribution is -0.112. The summed E-state index contributed by atoms with van der Waals surface area (Å²) >= 11 is 0. The van der Waals surface area contributed by atoms with Gasteiger partial charge in [-0.3, -0.25) is 9.78 Å². The molecule has 5 heteroatoms. The van der Waals surface area contributed by atoms with Crippen molar-refractivity contribution in [1.29, 1.82) is 5.26 Å². The van der Waals surface area contributed by atoms with Gasteiger partial charge in [0, 0.05) is 18.1 Å². The number of benzene rings is 1. The van der Waals surface area contributed by atoms with Crippen LogP contribution in [-0.4, -0.2) is 10.9 Å². The number of amides is 1. The molecule has 0 aliphatic rings. The molecule has 0 unspecified atom stereocenters. The van der Waals surface area contributed by atoms with E-state index in [-0.39, 0.29) is 5.57 Å². The molecule has 24 heavy (non-hydrogen) atoms. The third-order valence-corrected chi connectivity index (χ3v) is 3.54. The summed E-state index contributed by atoms with van der Waals surface area (Å²) < 4.78 is 0. The summed E-state index contributed by atoms with van der Waals surface area (Å²) in [4.78, 5) is 16.5. The zero-order valence-corrected chi connectivity index (χ0v) is 14.1. The van der Waals surface area contributed by atoms with Crippen molar-refractivity contribution in [2.24, 2.45) is 0 Å². The van der Waals surface area contributed by atoms with E-state index in [9.17, 15) is 10.1 Å². The predicted octanol–water partition coefficient (Wildman–Crippen LogP) is 3.14. The highest BCUT2D eigenvalue weighted by atomic mass is 16.1. The lowest BCUT2D eigenvalue weighted by atomic mass is 10.0. The largest absolute Gasteiger partial charge is 0.384 e. The highest BCUT2D eigenvalue weighted by molar-refractivity contribution is 6.07. The van der Waals surface area contributed by atoms with E-state index in [0.29, 0.717) is 6.54 Å². The fraction of sp³-hybridized carbons (Fsp3) is 0.211. The van der Waals surface area contributed by atoms with Gasteiger partial charge in [-0.25, -0.2) is 0 Å². The number of aromatic nitrogens is 1. The second-order valence-corrected chi connectivity index (χ2v) is 5.60. The fourth-order valence-electron chi connectivity index (χ4n) is 2.47. The number of carbonyl (C=O) groups excluding carboxylic acids is 1. The molecule has 1 heterocycles. The van der Waals surface area contributed by atoms with Gasteiger partial charge in [-0.2, -0.15) is 5.26 Å². The minimum absolute atomic E-state index is 0.0188. The highest BCUT2D eigenvalue weighted by Crippen LogP contribution is 2.22. The molecule has 0 radical (unpaired) electrons. The number of rotatable bonds is 5. The molecule has 0 bridgehead atoms. The Balaban J connectivity index is 2.07. The van der Waals surface area contributed by atoms with Crippen molar-refractivity contribution in [3.05, 3.63) is 70.7 Å². The first-order valence-corrected chi connectivity index (χ1v) is 7.64. The van der Waals surface area contributed by atoms with E-state index in [1.165, 1.54) is 6.20 Å². The molecule has 1 aromatic carbocycles. The third kappa shape index (κ3) is 4.43. The van der Waals surface area contributed by atoms with Crippen molar-refractivity contribution in [1.82, 2.24) is 10.3 Å². The van der Waals surface area contributed by atoms with E-state index in [4.69, 9.17) is 0 Å². The van der Waals surface area contributed by atoms with Crippen molar-refractivity contribution in [2.75, 3.05) is 5.32 Å². The second-order valence-electron chi connectivity index (χ2n) is 5.60. The van der Waals surface area contributed by atoms with Crippen LogP contribution in [0.5, 0.6) is 0 Å². The van der Waals surface area contributed by atoms with Gasteiger partial charge in [-0.15, -0.1) is 0 Å². The molecule has 2 rings (SSSR count). The zero-order chi connectivity index (χ0) is 17.5. The van der Waals surface area contributed by atoms with Crippen LogP contribution in [-0.2, 0) is 11.3 Å². The number of anilines is 1. The Kier molecular flexibility index (Phi) is 5.69. The van der Waals surface area contributed by atoms with Gasteiger partial charge in [0.15, 0.2) is 0 Å². The summed E-state index contributed by atoms with van der Waals surface area (Å²) in [6, 6.07) is 11.5. The van der Waals surface area contributed by atoms with Gasteiger partial charge in [0.25, 0.3) is 5.91 Å². The van der Waals surface area contributed by atoms with E-state index in [2.05, 4.69) is 15.6 Å². The SMILES string of the molecule is Cc1cc(C)c(NC(=O)/C(C#N)=C\NCc2ccccn2)c(C)c1. The van der Waals surface area contributed by atoms with Crippen molar-refractivity contribution < 1.29 is 4.79 Å². The monoisotopic (exact) mass is 320 g/mol. The summed E-state index contributed by atoms with van der Waals surface area (Å²) in [6.45, 7) is 6.32. The van der Waals surface area contributed by atoms with Crippen LogP contribution < -0.4 is 10.6 Å². The number of nitriles is 1. The molecule has 0 aliphatic heterocycles. The maximum Gasteiger partial charge on any atom is 0.267 e. The van der Waals surface area contributed by atoms with Gasteiger partial charge in [0.2, 0.25) is 0 Å². The standard InChI is InChI=1S/C19H20N4O/c1-13-8-14(2)18(15(3)9-13)23-19(24)16(10-20)11-21-12-17-6-4-5-7-22-17/h4-9,11,21H,12H2,1-3H3,(H,23,24)/b16-11-. The quantitative estimate of drug-likeness (QED) is 0.655. The van der Waals surface area contributed by atoms with Gasteiger partial charge in [-0.1, -0.05) is 23.8 Å². The third-order valence-electron chi connectivity index (χ3n) is 3.54. The topological polar surface area (TPSA) is 77.8 Å². The first-order valence-electron chi connectivity index (χ1n) is 7.64.